The number of nitrogen functional groups attached to an aromatic ring is 1. The molecule has 0 unspecified atom stereocenters. The average Bonchev–Trinajstić information content (AvgIpc) is 3.01. The van der Waals surface area contributed by atoms with Crippen LogP contribution in [0.2, 0.25) is 0 Å². The summed E-state index contributed by atoms with van der Waals surface area (Å²) in [6, 6.07) is 0.387. The first kappa shape index (κ1) is 11.3. The van der Waals surface area contributed by atoms with Gasteiger partial charge in [0.2, 0.25) is 5.91 Å². The van der Waals surface area contributed by atoms with E-state index >= 15 is 0 Å². The first-order chi connectivity index (χ1) is 8.72. The molecule has 0 radical (unpaired) electrons. The second-order valence-electron chi connectivity index (χ2n) is 4.26. The summed E-state index contributed by atoms with van der Waals surface area (Å²) in [5.74, 6) is 0.803. The molecule has 3 rings (SSSR count). The number of nitrogens with one attached hydrogen (secondary N) is 1. The van der Waals surface area contributed by atoms with E-state index in [1.807, 2.05) is 10.6 Å². The van der Waals surface area contributed by atoms with Crippen LogP contribution in [-0.2, 0) is 4.79 Å². The highest BCUT2D eigenvalue weighted by atomic mass is 32.2. The SMILES string of the molecule is Nc1cn2ccnc2c(SCC(=O)NC2CC2)n1. The summed E-state index contributed by atoms with van der Waals surface area (Å²) in [6.07, 6.45) is 7.39. The monoisotopic (exact) mass is 263 g/mol. The number of carbonyl (C=O) groups excluding carboxylic acids is 1. The van der Waals surface area contributed by atoms with Gasteiger partial charge in [0.05, 0.1) is 11.9 Å². The summed E-state index contributed by atoms with van der Waals surface area (Å²) in [4.78, 5) is 20.0. The Morgan fingerprint density at radius 3 is 3.22 bits per heavy atom. The zero-order valence-electron chi connectivity index (χ0n) is 9.67. The largest absolute Gasteiger partial charge is 0.382 e. The van der Waals surface area contributed by atoms with Crippen molar-refractivity contribution in [1.82, 2.24) is 19.7 Å². The summed E-state index contributed by atoms with van der Waals surface area (Å²) in [6.45, 7) is 0. The Morgan fingerprint density at radius 1 is 1.61 bits per heavy atom. The summed E-state index contributed by atoms with van der Waals surface area (Å²) in [5, 5.41) is 3.62. The second kappa shape index (κ2) is 4.49. The summed E-state index contributed by atoms with van der Waals surface area (Å²) >= 11 is 1.36. The standard InChI is InChI=1S/C11H13N5OS/c12-8-5-16-4-3-13-10(16)11(15-8)18-6-9(17)14-7-1-2-7/h3-5,7H,1-2,6,12H2,(H,14,17). The van der Waals surface area contributed by atoms with Crippen LogP contribution in [0.25, 0.3) is 5.65 Å². The number of hydrogen-bond acceptors (Lipinski definition) is 5. The Balaban J connectivity index is 1.72. The molecule has 2 aromatic heterocycles. The predicted molar refractivity (Wildman–Crippen MR) is 69.3 cm³/mol. The molecule has 0 spiro atoms. The van der Waals surface area contributed by atoms with Crippen molar-refractivity contribution >= 4 is 29.1 Å². The van der Waals surface area contributed by atoms with Crippen molar-refractivity contribution in [1.29, 1.82) is 0 Å². The quantitative estimate of drug-likeness (QED) is 0.792. The minimum absolute atomic E-state index is 0.0384. The number of thioether (sulfide) groups is 1. The zero-order chi connectivity index (χ0) is 12.5. The van der Waals surface area contributed by atoms with Crippen LogP contribution in [0.1, 0.15) is 12.8 Å². The molecule has 2 heterocycles. The number of hydrogen-bond donors (Lipinski definition) is 2. The molecule has 1 aliphatic rings. The molecule has 0 atom stereocenters. The molecule has 3 N–H and O–H groups in total. The van der Waals surface area contributed by atoms with Crippen molar-refractivity contribution in [2.75, 3.05) is 11.5 Å². The van der Waals surface area contributed by atoms with Gasteiger partial charge in [0.15, 0.2) is 5.65 Å². The van der Waals surface area contributed by atoms with Crippen molar-refractivity contribution in [3.05, 3.63) is 18.6 Å². The Kier molecular flexibility index (Phi) is 2.83. The molecule has 0 aromatic carbocycles. The fraction of sp³-hybridized carbons (Fsp3) is 0.364. The third kappa shape index (κ3) is 2.40. The average molecular weight is 263 g/mol. The number of carbonyl (C=O) groups is 1. The van der Waals surface area contributed by atoms with Gasteiger partial charge in [-0.3, -0.25) is 4.79 Å². The number of nitrogens with two attached hydrogens (primary N) is 1. The number of nitrogens with zero attached hydrogens (tertiary/aromatic N) is 3. The van der Waals surface area contributed by atoms with Gasteiger partial charge in [-0.15, -0.1) is 0 Å². The molecule has 2 aromatic rings. The molecular formula is C11H13N5OS. The molecule has 1 aliphatic carbocycles. The Morgan fingerprint density at radius 2 is 2.44 bits per heavy atom. The highest BCUT2D eigenvalue weighted by Crippen LogP contribution is 2.23. The van der Waals surface area contributed by atoms with Crippen LogP contribution in [0.3, 0.4) is 0 Å². The van der Waals surface area contributed by atoms with E-state index in [1.165, 1.54) is 11.8 Å². The smallest absolute Gasteiger partial charge is 0.230 e. The van der Waals surface area contributed by atoms with E-state index in [0.717, 1.165) is 18.5 Å². The highest BCUT2D eigenvalue weighted by Gasteiger charge is 2.23. The van der Waals surface area contributed by atoms with Crippen LogP contribution in [0, 0.1) is 0 Å². The molecular weight excluding hydrogens is 250 g/mol. The number of aromatic nitrogens is 3. The molecule has 1 amide bonds. The fourth-order valence-corrected chi connectivity index (χ4v) is 2.46. The number of anilines is 1. The van der Waals surface area contributed by atoms with Gasteiger partial charge in [0, 0.05) is 18.4 Å². The minimum atomic E-state index is 0.0384. The molecule has 0 saturated heterocycles. The molecule has 0 aliphatic heterocycles. The van der Waals surface area contributed by atoms with Gasteiger partial charge in [-0.1, -0.05) is 11.8 Å². The highest BCUT2D eigenvalue weighted by molar-refractivity contribution is 8.00. The normalized spacial score (nSPS) is 14.9. The van der Waals surface area contributed by atoms with Crippen molar-refractivity contribution in [3.63, 3.8) is 0 Å². The number of amides is 1. The van der Waals surface area contributed by atoms with Crippen LogP contribution >= 0.6 is 11.8 Å². The summed E-state index contributed by atoms with van der Waals surface area (Å²) in [5.41, 5.74) is 6.44. The van der Waals surface area contributed by atoms with E-state index in [-0.39, 0.29) is 5.91 Å². The summed E-state index contributed by atoms with van der Waals surface area (Å²) < 4.78 is 1.81. The first-order valence-corrected chi connectivity index (χ1v) is 6.72. The molecule has 1 saturated carbocycles. The van der Waals surface area contributed by atoms with Gasteiger partial charge in [-0.25, -0.2) is 9.97 Å². The van der Waals surface area contributed by atoms with Crippen molar-refractivity contribution in [3.8, 4) is 0 Å². The van der Waals surface area contributed by atoms with Crippen molar-refractivity contribution in [2.45, 2.75) is 23.9 Å². The molecule has 6 nitrogen and oxygen atoms in total. The Labute approximate surface area is 108 Å². The number of imidazole rings is 1. The van der Waals surface area contributed by atoms with Crippen molar-refractivity contribution in [2.24, 2.45) is 0 Å². The van der Waals surface area contributed by atoms with E-state index in [1.54, 1.807) is 12.4 Å². The van der Waals surface area contributed by atoms with Crippen LogP contribution < -0.4 is 11.1 Å². The van der Waals surface area contributed by atoms with E-state index < -0.39 is 0 Å². The Bertz CT molecular complexity index is 592. The third-order valence-corrected chi connectivity index (χ3v) is 3.60. The van der Waals surface area contributed by atoms with E-state index in [4.69, 9.17) is 5.73 Å². The number of fused-ring (bicyclic) bond motifs is 1. The van der Waals surface area contributed by atoms with Gasteiger partial charge in [-0.2, -0.15) is 0 Å². The second-order valence-corrected chi connectivity index (χ2v) is 5.22. The van der Waals surface area contributed by atoms with Crippen LogP contribution in [0.15, 0.2) is 23.6 Å². The lowest BCUT2D eigenvalue weighted by molar-refractivity contribution is -0.118. The van der Waals surface area contributed by atoms with E-state index in [0.29, 0.717) is 22.6 Å². The van der Waals surface area contributed by atoms with Gasteiger partial charge < -0.3 is 15.5 Å². The van der Waals surface area contributed by atoms with Gasteiger partial charge in [0.1, 0.15) is 10.8 Å². The predicted octanol–water partition coefficient (Wildman–Crippen LogP) is 0.682. The van der Waals surface area contributed by atoms with E-state index in [9.17, 15) is 4.79 Å². The van der Waals surface area contributed by atoms with Gasteiger partial charge >= 0.3 is 0 Å². The summed E-state index contributed by atoms with van der Waals surface area (Å²) in [7, 11) is 0. The van der Waals surface area contributed by atoms with Crippen LogP contribution in [0.5, 0.6) is 0 Å². The maximum Gasteiger partial charge on any atom is 0.230 e. The first-order valence-electron chi connectivity index (χ1n) is 5.74. The Hall–Kier alpha value is -1.76. The number of rotatable bonds is 4. The lowest BCUT2D eigenvalue weighted by Gasteiger charge is -2.05. The lowest BCUT2D eigenvalue weighted by Crippen LogP contribution is -2.27. The van der Waals surface area contributed by atoms with Crippen LogP contribution in [0.4, 0.5) is 5.82 Å². The third-order valence-electron chi connectivity index (χ3n) is 2.64. The maximum atomic E-state index is 11.6. The lowest BCUT2D eigenvalue weighted by atomic mass is 10.6. The molecule has 0 bridgehead atoms. The fourth-order valence-electron chi connectivity index (χ4n) is 1.65. The van der Waals surface area contributed by atoms with Gasteiger partial charge in [-0.05, 0) is 12.8 Å². The maximum absolute atomic E-state index is 11.6. The van der Waals surface area contributed by atoms with Gasteiger partial charge in [0.25, 0.3) is 0 Å². The van der Waals surface area contributed by atoms with Crippen molar-refractivity contribution < 1.29 is 4.79 Å². The van der Waals surface area contributed by atoms with Crippen LogP contribution in [-0.4, -0.2) is 32.1 Å². The molecule has 7 heteroatoms. The molecule has 18 heavy (non-hydrogen) atoms. The zero-order valence-corrected chi connectivity index (χ0v) is 10.5. The minimum Gasteiger partial charge on any atom is -0.382 e. The topological polar surface area (TPSA) is 85.3 Å². The molecule has 94 valence electrons. The van der Waals surface area contributed by atoms with E-state index in [2.05, 4.69) is 15.3 Å². The molecule has 1 fully saturated rings.